The van der Waals surface area contributed by atoms with Crippen molar-refractivity contribution in [1.82, 2.24) is 5.32 Å². The minimum atomic E-state index is -4.02. The van der Waals surface area contributed by atoms with Crippen molar-refractivity contribution in [2.24, 2.45) is 5.73 Å². The molecule has 0 aromatic heterocycles. The Labute approximate surface area is 159 Å². The van der Waals surface area contributed by atoms with Gasteiger partial charge in [0.2, 0.25) is 9.84 Å². The molecule has 28 heavy (non-hydrogen) atoms. The van der Waals surface area contributed by atoms with E-state index in [-0.39, 0.29) is 26.5 Å². The Morgan fingerprint density at radius 3 is 2.36 bits per heavy atom. The van der Waals surface area contributed by atoms with E-state index in [0.29, 0.717) is 0 Å². The van der Waals surface area contributed by atoms with E-state index < -0.39 is 39.6 Å². The summed E-state index contributed by atoms with van der Waals surface area (Å²) in [5.74, 6) is -2.42. The number of nitrogens with one attached hydrogen (secondary N) is 1. The van der Waals surface area contributed by atoms with Crippen LogP contribution in [0.3, 0.4) is 0 Å². The summed E-state index contributed by atoms with van der Waals surface area (Å²) in [4.78, 5) is 46.7. The molecule has 0 spiro atoms. The number of urea groups is 1. The molecule has 144 valence electrons. The molecule has 2 aromatic rings. The summed E-state index contributed by atoms with van der Waals surface area (Å²) in [6.45, 7) is 1.21. The van der Waals surface area contributed by atoms with Gasteiger partial charge in [-0.2, -0.15) is 0 Å². The predicted octanol–water partition coefficient (Wildman–Crippen LogP) is 0.804. The molecule has 0 radical (unpaired) electrons. The molecule has 3 amide bonds. The topological polar surface area (TPSA) is 150 Å². The van der Waals surface area contributed by atoms with Crippen molar-refractivity contribution >= 4 is 33.5 Å². The van der Waals surface area contributed by atoms with Crippen LogP contribution in [0.5, 0.6) is 0 Å². The molecule has 10 heteroatoms. The van der Waals surface area contributed by atoms with Gasteiger partial charge in [0.25, 0.3) is 5.91 Å². The lowest BCUT2D eigenvalue weighted by atomic mass is 10.0. The zero-order valence-corrected chi connectivity index (χ0v) is 15.3. The molecular formula is C18H14N2O7S. The van der Waals surface area contributed by atoms with E-state index in [9.17, 15) is 27.6 Å². The zero-order chi connectivity index (χ0) is 20.6. The van der Waals surface area contributed by atoms with Crippen LogP contribution in [0.25, 0.3) is 0 Å². The van der Waals surface area contributed by atoms with Gasteiger partial charge in [0.05, 0.1) is 15.4 Å². The van der Waals surface area contributed by atoms with E-state index in [0.717, 1.165) is 6.07 Å². The van der Waals surface area contributed by atoms with Gasteiger partial charge in [-0.3, -0.25) is 14.9 Å². The monoisotopic (exact) mass is 402 g/mol. The van der Waals surface area contributed by atoms with Gasteiger partial charge in [-0.15, -0.1) is 0 Å². The first-order valence-electron chi connectivity index (χ1n) is 7.97. The fourth-order valence-electron chi connectivity index (χ4n) is 2.72. The van der Waals surface area contributed by atoms with Gasteiger partial charge >= 0.3 is 12.0 Å². The molecule has 3 rings (SSSR count). The molecule has 0 fully saturated rings. The van der Waals surface area contributed by atoms with Crippen LogP contribution in [0.4, 0.5) is 4.79 Å². The molecule has 1 aliphatic rings. The second kappa shape index (κ2) is 6.89. The highest BCUT2D eigenvalue weighted by molar-refractivity contribution is 7.91. The average molecular weight is 402 g/mol. The molecular weight excluding hydrogens is 388 g/mol. The summed E-state index contributed by atoms with van der Waals surface area (Å²) in [5.41, 5.74) is 4.65. The Morgan fingerprint density at radius 2 is 1.68 bits per heavy atom. The molecule has 1 heterocycles. The number of fused-ring (bicyclic) bond motifs is 2. The average Bonchev–Trinajstić information content (AvgIpc) is 2.65. The number of carbonyl (C=O) groups excluding carboxylic acids is 4. The highest BCUT2D eigenvalue weighted by Crippen LogP contribution is 2.34. The zero-order valence-electron chi connectivity index (χ0n) is 14.5. The number of primary amides is 1. The van der Waals surface area contributed by atoms with Crippen LogP contribution < -0.4 is 11.1 Å². The minimum absolute atomic E-state index is 0.0575. The van der Waals surface area contributed by atoms with Crippen molar-refractivity contribution in [3.05, 3.63) is 59.2 Å². The molecule has 1 aliphatic heterocycles. The van der Waals surface area contributed by atoms with Gasteiger partial charge in [0, 0.05) is 11.1 Å². The standard InChI is InChI=1S/C18H14N2O7S/c1-9(16(22)20-18(19)24)27-17(23)10-6-7-12-14(8-10)28(25,26)13-5-3-2-4-11(13)15(12)21/h2-9H,1H3,(H3,19,20,22,24)/t9-/m0/s1. The van der Waals surface area contributed by atoms with Crippen molar-refractivity contribution in [3.63, 3.8) is 0 Å². The second-order valence-electron chi connectivity index (χ2n) is 5.94. The maximum Gasteiger partial charge on any atom is 0.338 e. The lowest BCUT2D eigenvalue weighted by molar-refractivity contribution is -0.127. The van der Waals surface area contributed by atoms with Gasteiger partial charge in [0.1, 0.15) is 0 Å². The highest BCUT2D eigenvalue weighted by Gasteiger charge is 2.35. The quantitative estimate of drug-likeness (QED) is 0.615. The second-order valence-corrected chi connectivity index (χ2v) is 7.83. The van der Waals surface area contributed by atoms with Gasteiger partial charge in [-0.05, 0) is 37.3 Å². The van der Waals surface area contributed by atoms with Crippen molar-refractivity contribution in [2.45, 2.75) is 22.8 Å². The first-order valence-corrected chi connectivity index (χ1v) is 9.45. The number of esters is 1. The van der Waals surface area contributed by atoms with Gasteiger partial charge in [-0.25, -0.2) is 18.0 Å². The molecule has 0 unspecified atom stereocenters. The normalized spacial score (nSPS) is 15.0. The third-order valence-corrected chi connectivity index (χ3v) is 5.92. The minimum Gasteiger partial charge on any atom is -0.449 e. The Kier molecular flexibility index (Phi) is 4.73. The van der Waals surface area contributed by atoms with Crippen LogP contribution in [0, 0.1) is 0 Å². The van der Waals surface area contributed by atoms with Crippen LogP contribution in [0.2, 0.25) is 0 Å². The van der Waals surface area contributed by atoms with Gasteiger partial charge < -0.3 is 10.5 Å². The largest absolute Gasteiger partial charge is 0.449 e. The number of imide groups is 1. The fourth-order valence-corrected chi connectivity index (χ4v) is 4.39. The number of rotatable bonds is 3. The number of carbonyl (C=O) groups is 4. The molecule has 0 saturated carbocycles. The molecule has 1 atom stereocenters. The highest BCUT2D eigenvalue weighted by atomic mass is 32.2. The van der Waals surface area contributed by atoms with E-state index in [1.54, 1.807) is 11.4 Å². The molecule has 3 N–H and O–H groups in total. The third kappa shape index (κ3) is 3.25. The maximum atomic E-state index is 12.8. The number of ketones is 1. The van der Waals surface area contributed by atoms with E-state index in [1.165, 1.54) is 37.3 Å². The summed E-state index contributed by atoms with van der Waals surface area (Å²) in [5, 5.41) is 1.76. The number of hydrogen-bond donors (Lipinski definition) is 2. The molecule has 9 nitrogen and oxygen atoms in total. The molecule has 0 aliphatic carbocycles. The molecule has 0 bridgehead atoms. The Morgan fingerprint density at radius 1 is 1.04 bits per heavy atom. The van der Waals surface area contributed by atoms with E-state index in [2.05, 4.69) is 0 Å². The lowest BCUT2D eigenvalue weighted by Gasteiger charge is -2.19. The fraction of sp³-hybridized carbons (Fsp3) is 0.111. The smallest absolute Gasteiger partial charge is 0.338 e. The van der Waals surface area contributed by atoms with E-state index >= 15 is 0 Å². The van der Waals surface area contributed by atoms with Crippen molar-refractivity contribution < 1.29 is 32.3 Å². The summed E-state index contributed by atoms with van der Waals surface area (Å²) in [6, 6.07) is 8.14. The summed E-state index contributed by atoms with van der Waals surface area (Å²) in [6.07, 6.45) is -1.35. The maximum absolute atomic E-state index is 12.8. The molecule has 2 aromatic carbocycles. The van der Waals surface area contributed by atoms with Crippen LogP contribution in [0.15, 0.2) is 52.3 Å². The Balaban J connectivity index is 1.95. The summed E-state index contributed by atoms with van der Waals surface area (Å²) in [7, 11) is -4.02. The number of sulfone groups is 1. The van der Waals surface area contributed by atoms with Gasteiger partial charge in [0.15, 0.2) is 11.9 Å². The Hall–Kier alpha value is -3.53. The first-order chi connectivity index (χ1) is 13.1. The number of nitrogens with two attached hydrogens (primary N) is 1. The first kappa shape index (κ1) is 19.2. The van der Waals surface area contributed by atoms with Gasteiger partial charge in [-0.1, -0.05) is 12.1 Å². The van der Waals surface area contributed by atoms with Crippen LogP contribution >= 0.6 is 0 Å². The van der Waals surface area contributed by atoms with Crippen molar-refractivity contribution in [3.8, 4) is 0 Å². The summed E-state index contributed by atoms with van der Waals surface area (Å²) >= 11 is 0. The summed E-state index contributed by atoms with van der Waals surface area (Å²) < 4.78 is 30.6. The van der Waals surface area contributed by atoms with E-state index in [4.69, 9.17) is 10.5 Å². The Bertz CT molecular complexity index is 1140. The SMILES string of the molecule is C[C@H](OC(=O)c1ccc2c(c1)S(=O)(=O)c1ccccc1C2=O)C(=O)NC(N)=O. The predicted molar refractivity (Wildman–Crippen MR) is 94.4 cm³/mol. The lowest BCUT2D eigenvalue weighted by Crippen LogP contribution is -2.42. The number of hydrogen-bond acceptors (Lipinski definition) is 7. The van der Waals surface area contributed by atoms with Crippen LogP contribution in [0.1, 0.15) is 33.2 Å². The van der Waals surface area contributed by atoms with Crippen LogP contribution in [-0.2, 0) is 19.4 Å². The van der Waals surface area contributed by atoms with Crippen LogP contribution in [-0.4, -0.2) is 38.2 Å². The number of ether oxygens (including phenoxy) is 1. The molecule has 0 saturated heterocycles. The number of amides is 3. The van der Waals surface area contributed by atoms with Crippen molar-refractivity contribution in [2.75, 3.05) is 0 Å². The third-order valence-electron chi connectivity index (χ3n) is 4.07. The van der Waals surface area contributed by atoms with Crippen molar-refractivity contribution in [1.29, 1.82) is 0 Å². The van der Waals surface area contributed by atoms with E-state index in [1.807, 2.05) is 0 Å². The number of benzene rings is 2.